The van der Waals surface area contributed by atoms with Crippen molar-refractivity contribution < 1.29 is 18.0 Å². The van der Waals surface area contributed by atoms with Gasteiger partial charge in [0.2, 0.25) is 0 Å². The molecule has 0 aliphatic heterocycles. The van der Waals surface area contributed by atoms with Gasteiger partial charge in [-0.25, -0.2) is 0 Å². The first-order valence-electron chi connectivity index (χ1n) is 11.8. The van der Waals surface area contributed by atoms with Crippen molar-refractivity contribution in [2.45, 2.75) is 57.8 Å². The Morgan fingerprint density at radius 1 is 0.944 bits per heavy atom. The SMILES string of the molecule is CCCCCc1ccc(CNC(=O)c2cc(Br)c(CC(N)c3ccc(C(F)(F)F)cc3)c(Br)c2)cc1. The van der Waals surface area contributed by atoms with Crippen LogP contribution in [0.3, 0.4) is 0 Å². The highest BCUT2D eigenvalue weighted by Crippen LogP contribution is 2.33. The highest BCUT2D eigenvalue weighted by molar-refractivity contribution is 9.11. The van der Waals surface area contributed by atoms with Crippen LogP contribution in [0.2, 0.25) is 0 Å². The second kappa shape index (κ2) is 12.9. The predicted molar refractivity (Wildman–Crippen MR) is 145 cm³/mol. The van der Waals surface area contributed by atoms with Crippen molar-refractivity contribution in [2.75, 3.05) is 0 Å². The third-order valence-electron chi connectivity index (χ3n) is 6.04. The summed E-state index contributed by atoms with van der Waals surface area (Å²) >= 11 is 7.04. The maximum absolute atomic E-state index is 12.8. The minimum atomic E-state index is -4.39. The first-order chi connectivity index (χ1) is 17.1. The van der Waals surface area contributed by atoms with E-state index in [-0.39, 0.29) is 5.91 Å². The maximum atomic E-state index is 12.8. The van der Waals surface area contributed by atoms with Crippen molar-refractivity contribution in [3.63, 3.8) is 0 Å². The van der Waals surface area contributed by atoms with Crippen LogP contribution in [-0.4, -0.2) is 5.91 Å². The summed E-state index contributed by atoms with van der Waals surface area (Å²) in [5, 5.41) is 2.95. The van der Waals surface area contributed by atoms with Crippen LogP contribution in [0.25, 0.3) is 0 Å². The Kier molecular flexibility index (Phi) is 10.2. The molecule has 3 rings (SSSR count). The van der Waals surface area contributed by atoms with Gasteiger partial charge in [0, 0.05) is 27.1 Å². The van der Waals surface area contributed by atoms with E-state index < -0.39 is 17.8 Å². The molecule has 0 saturated carbocycles. The molecule has 3 N–H and O–H groups in total. The number of hydrogen-bond acceptors (Lipinski definition) is 2. The van der Waals surface area contributed by atoms with Crippen LogP contribution in [0.15, 0.2) is 69.6 Å². The molecule has 3 nitrogen and oxygen atoms in total. The number of carbonyl (C=O) groups is 1. The number of carbonyl (C=O) groups excluding carboxylic acids is 1. The van der Waals surface area contributed by atoms with E-state index >= 15 is 0 Å². The molecular weight excluding hydrogens is 597 g/mol. The van der Waals surface area contributed by atoms with Crippen molar-refractivity contribution in [3.8, 4) is 0 Å². The Labute approximate surface area is 226 Å². The second-order valence-corrected chi connectivity index (χ2v) is 10.5. The van der Waals surface area contributed by atoms with Gasteiger partial charge in [0.1, 0.15) is 0 Å². The van der Waals surface area contributed by atoms with Gasteiger partial charge in [0.15, 0.2) is 0 Å². The van der Waals surface area contributed by atoms with Gasteiger partial charge in [-0.3, -0.25) is 4.79 Å². The number of alkyl halides is 3. The number of aryl methyl sites for hydroxylation is 1. The average molecular weight is 626 g/mol. The predicted octanol–water partition coefficient (Wildman–Crippen LogP) is 8.14. The van der Waals surface area contributed by atoms with Gasteiger partial charge in [0.25, 0.3) is 5.91 Å². The smallest absolute Gasteiger partial charge is 0.348 e. The van der Waals surface area contributed by atoms with Gasteiger partial charge in [0.05, 0.1) is 5.56 Å². The molecule has 0 aliphatic carbocycles. The molecule has 1 atom stereocenters. The molecule has 1 unspecified atom stereocenters. The van der Waals surface area contributed by atoms with E-state index in [9.17, 15) is 18.0 Å². The summed E-state index contributed by atoms with van der Waals surface area (Å²) in [6.07, 6.45) is 0.660. The highest BCUT2D eigenvalue weighted by Gasteiger charge is 2.30. The molecule has 192 valence electrons. The molecule has 1 amide bonds. The molecule has 0 bridgehead atoms. The summed E-state index contributed by atoms with van der Waals surface area (Å²) in [5.74, 6) is -0.206. The Balaban J connectivity index is 1.61. The highest BCUT2D eigenvalue weighted by atomic mass is 79.9. The summed E-state index contributed by atoms with van der Waals surface area (Å²) < 4.78 is 39.8. The third kappa shape index (κ3) is 7.92. The number of nitrogens with one attached hydrogen (secondary N) is 1. The lowest BCUT2D eigenvalue weighted by atomic mass is 9.98. The molecule has 3 aromatic rings. The topological polar surface area (TPSA) is 55.1 Å². The average Bonchev–Trinajstić information content (AvgIpc) is 2.85. The number of benzene rings is 3. The summed E-state index contributed by atoms with van der Waals surface area (Å²) in [5.41, 5.74) is 9.81. The molecular formula is C28H29Br2F3N2O. The molecule has 0 heterocycles. The normalized spacial score (nSPS) is 12.4. The zero-order valence-corrected chi connectivity index (χ0v) is 23.1. The number of unbranched alkanes of at least 4 members (excludes halogenated alkanes) is 2. The molecule has 0 radical (unpaired) electrons. The number of amides is 1. The van der Waals surface area contributed by atoms with E-state index in [0.29, 0.717) is 33.0 Å². The summed E-state index contributed by atoms with van der Waals surface area (Å²) in [7, 11) is 0. The second-order valence-electron chi connectivity index (χ2n) is 8.81. The largest absolute Gasteiger partial charge is 0.416 e. The van der Waals surface area contributed by atoms with Gasteiger partial charge in [-0.05, 0) is 65.8 Å². The third-order valence-corrected chi connectivity index (χ3v) is 7.45. The monoisotopic (exact) mass is 624 g/mol. The van der Waals surface area contributed by atoms with Gasteiger partial charge < -0.3 is 11.1 Å². The lowest BCUT2D eigenvalue weighted by molar-refractivity contribution is -0.137. The van der Waals surface area contributed by atoms with Gasteiger partial charge >= 0.3 is 6.18 Å². The number of nitrogens with two attached hydrogens (primary N) is 1. The van der Waals surface area contributed by atoms with E-state index in [1.54, 1.807) is 12.1 Å². The lowest BCUT2D eigenvalue weighted by Gasteiger charge is -2.17. The van der Waals surface area contributed by atoms with E-state index in [1.807, 2.05) is 12.1 Å². The Morgan fingerprint density at radius 3 is 2.08 bits per heavy atom. The van der Waals surface area contributed by atoms with Gasteiger partial charge in [-0.1, -0.05) is 88.0 Å². The quantitative estimate of drug-likeness (QED) is 0.224. The zero-order chi connectivity index (χ0) is 26.3. The van der Waals surface area contributed by atoms with Crippen LogP contribution in [0.1, 0.15) is 70.4 Å². The summed E-state index contributed by atoms with van der Waals surface area (Å²) in [6.45, 7) is 2.61. The Morgan fingerprint density at radius 2 is 1.53 bits per heavy atom. The number of rotatable bonds is 10. The first-order valence-corrected chi connectivity index (χ1v) is 13.4. The van der Waals surface area contributed by atoms with Gasteiger partial charge in [-0.15, -0.1) is 0 Å². The standard InChI is InChI=1S/C28H29Br2F3N2O/c1-2-3-4-5-18-6-8-19(9-7-18)17-35-27(36)21-14-24(29)23(25(30)15-21)16-26(34)20-10-12-22(13-11-20)28(31,32)33/h6-15,26H,2-5,16-17,34H2,1H3,(H,35,36). The summed E-state index contributed by atoms with van der Waals surface area (Å²) in [4.78, 5) is 12.8. The van der Waals surface area contributed by atoms with Crippen molar-refractivity contribution in [2.24, 2.45) is 5.73 Å². The fraction of sp³-hybridized carbons (Fsp3) is 0.321. The number of hydrogen-bond donors (Lipinski definition) is 2. The molecule has 0 fully saturated rings. The minimum absolute atomic E-state index is 0.206. The van der Waals surface area contributed by atoms with Crippen molar-refractivity contribution in [1.29, 1.82) is 0 Å². The molecule has 36 heavy (non-hydrogen) atoms. The fourth-order valence-electron chi connectivity index (χ4n) is 3.87. The Hall–Kier alpha value is -2.16. The van der Waals surface area contributed by atoms with Crippen LogP contribution in [-0.2, 0) is 25.6 Å². The van der Waals surface area contributed by atoms with E-state index in [4.69, 9.17) is 5.73 Å². The minimum Gasteiger partial charge on any atom is -0.348 e. The van der Waals surface area contributed by atoms with Crippen LogP contribution < -0.4 is 11.1 Å². The summed E-state index contributed by atoms with van der Waals surface area (Å²) in [6, 6.07) is 16.1. The zero-order valence-electron chi connectivity index (χ0n) is 20.0. The lowest BCUT2D eigenvalue weighted by Crippen LogP contribution is -2.23. The van der Waals surface area contributed by atoms with Crippen LogP contribution in [0.4, 0.5) is 13.2 Å². The molecule has 8 heteroatoms. The molecule has 0 saturated heterocycles. The van der Waals surface area contributed by atoms with Gasteiger partial charge in [-0.2, -0.15) is 13.2 Å². The molecule has 0 spiro atoms. The van der Waals surface area contributed by atoms with Crippen LogP contribution in [0.5, 0.6) is 0 Å². The maximum Gasteiger partial charge on any atom is 0.416 e. The number of halogens is 5. The Bertz CT molecular complexity index is 1140. The van der Waals surface area contributed by atoms with Crippen LogP contribution in [0, 0.1) is 0 Å². The van der Waals surface area contributed by atoms with E-state index in [2.05, 4.69) is 56.2 Å². The molecule has 3 aromatic carbocycles. The van der Waals surface area contributed by atoms with E-state index in [1.165, 1.54) is 37.0 Å². The molecule has 0 aliphatic rings. The van der Waals surface area contributed by atoms with Crippen molar-refractivity contribution in [1.82, 2.24) is 5.32 Å². The fourth-order valence-corrected chi connectivity index (χ4v) is 5.38. The van der Waals surface area contributed by atoms with Crippen LogP contribution >= 0.6 is 31.9 Å². The van der Waals surface area contributed by atoms with E-state index in [0.717, 1.165) is 29.7 Å². The first kappa shape index (κ1) is 28.4. The van der Waals surface area contributed by atoms with Crippen molar-refractivity contribution in [3.05, 3.63) is 103 Å². The van der Waals surface area contributed by atoms with Crippen molar-refractivity contribution >= 4 is 37.8 Å². The molecule has 0 aromatic heterocycles.